The number of aliphatic carboxylic acids is 1. The van der Waals surface area contributed by atoms with Crippen LogP contribution in [0.1, 0.15) is 108 Å². The van der Waals surface area contributed by atoms with E-state index >= 15 is 0 Å². The number of pyridine rings is 1. The Balaban J connectivity index is 1.26. The number of carbonyl (C=O) groups is 2. The van der Waals surface area contributed by atoms with E-state index in [0.29, 0.717) is 18.3 Å². The second-order valence-corrected chi connectivity index (χ2v) is 15.4. The topological polar surface area (TPSA) is 106 Å². The Morgan fingerprint density at radius 1 is 1.02 bits per heavy atom. The van der Waals surface area contributed by atoms with E-state index in [1.165, 1.54) is 11.1 Å². The minimum atomic E-state index is -0.755. The Labute approximate surface area is 273 Å². The molecule has 3 aromatic rings. The third-order valence-corrected chi connectivity index (χ3v) is 11.3. The molecule has 7 rings (SSSR count). The molecule has 8 heteroatoms. The Morgan fingerprint density at radius 3 is 2.30 bits per heavy atom. The molecule has 2 heterocycles. The second kappa shape index (κ2) is 12.5. The van der Waals surface area contributed by atoms with Gasteiger partial charge < -0.3 is 14.3 Å². The van der Waals surface area contributed by atoms with Gasteiger partial charge in [0.05, 0.1) is 7.11 Å². The minimum absolute atomic E-state index is 0.0460. The van der Waals surface area contributed by atoms with Crippen molar-refractivity contribution in [1.82, 2.24) is 9.97 Å². The smallest absolute Gasteiger partial charge is 0.303 e. The van der Waals surface area contributed by atoms with Gasteiger partial charge in [0, 0.05) is 36.1 Å². The lowest BCUT2D eigenvalue weighted by atomic mass is 9.51. The van der Waals surface area contributed by atoms with Crippen LogP contribution in [-0.2, 0) is 20.4 Å². The molecule has 1 aromatic carbocycles. The molecule has 4 aliphatic carbocycles. The summed E-state index contributed by atoms with van der Waals surface area (Å²) in [6.45, 7) is 9.00. The van der Waals surface area contributed by atoms with E-state index in [9.17, 15) is 14.7 Å². The van der Waals surface area contributed by atoms with Gasteiger partial charge in [-0.25, -0.2) is 9.97 Å². The van der Waals surface area contributed by atoms with Gasteiger partial charge in [-0.15, -0.1) is 0 Å². The summed E-state index contributed by atoms with van der Waals surface area (Å²) in [6.07, 6.45) is 13.2. The number of nitrogens with zero attached hydrogens (tertiary/aromatic N) is 3. The Kier molecular flexibility index (Phi) is 8.77. The van der Waals surface area contributed by atoms with Crippen molar-refractivity contribution in [1.29, 1.82) is 0 Å². The first-order valence-electron chi connectivity index (χ1n) is 17.0. The summed E-state index contributed by atoms with van der Waals surface area (Å²) in [6, 6.07) is 10.6. The van der Waals surface area contributed by atoms with E-state index in [4.69, 9.17) is 19.1 Å². The summed E-state index contributed by atoms with van der Waals surface area (Å²) in [7, 11) is 1.73. The fourth-order valence-electron chi connectivity index (χ4n) is 8.31. The van der Waals surface area contributed by atoms with E-state index in [1.54, 1.807) is 19.6 Å². The van der Waals surface area contributed by atoms with Crippen LogP contribution in [0.5, 0.6) is 5.75 Å². The summed E-state index contributed by atoms with van der Waals surface area (Å²) >= 11 is 0. The van der Waals surface area contributed by atoms with Gasteiger partial charge in [-0.05, 0) is 117 Å². The number of fused-ring (bicyclic) bond motifs is 3. The molecule has 1 amide bonds. The molecule has 0 radical (unpaired) electrons. The van der Waals surface area contributed by atoms with E-state index in [2.05, 4.69) is 45.9 Å². The first-order valence-corrected chi connectivity index (χ1v) is 17.0. The third kappa shape index (κ3) is 6.45. The molecule has 246 valence electrons. The molecule has 0 atom stereocenters. The maximum Gasteiger partial charge on any atom is 0.303 e. The quantitative estimate of drug-likeness (QED) is 0.255. The average molecular weight is 628 g/mol. The molecule has 0 spiro atoms. The molecular weight excluding hydrogens is 578 g/mol. The highest BCUT2D eigenvalue weighted by molar-refractivity contribution is 5.95. The lowest BCUT2D eigenvalue weighted by molar-refractivity contribution is -0.138. The summed E-state index contributed by atoms with van der Waals surface area (Å²) in [5, 5.41) is 9.31. The van der Waals surface area contributed by atoms with Crippen molar-refractivity contribution in [3.63, 3.8) is 0 Å². The number of aryl methyl sites for hydroxylation is 1. The van der Waals surface area contributed by atoms with Crippen LogP contribution in [0.15, 0.2) is 47.2 Å². The zero-order chi connectivity index (χ0) is 32.7. The molecule has 4 fully saturated rings. The number of hydrogen-bond donors (Lipinski definition) is 1. The summed E-state index contributed by atoms with van der Waals surface area (Å²) in [4.78, 5) is 37.3. The Morgan fingerprint density at radius 2 is 1.72 bits per heavy atom. The van der Waals surface area contributed by atoms with Crippen LogP contribution in [0.2, 0.25) is 0 Å². The standard InChI is InChI=1S/C38H49N3O5/c1-25-20-29(10-11-31(25)45-5)38-16-13-37(14-17-38,15-18-38)24-41(34(44)27-8-6-26(7-9-27)21-33(42)43)32-22-28(12-19-39-32)30-23-46-35(40-30)36(2,3)4/h10-12,19-20,22-23,26-27H,6-9,13-18,21,24H2,1-5H3,(H,42,43). The van der Waals surface area contributed by atoms with Crippen molar-refractivity contribution in [2.24, 2.45) is 17.3 Å². The molecule has 0 aliphatic heterocycles. The molecule has 2 bridgehead atoms. The van der Waals surface area contributed by atoms with Crippen LogP contribution in [0, 0.1) is 24.2 Å². The third-order valence-electron chi connectivity index (χ3n) is 11.3. The second-order valence-electron chi connectivity index (χ2n) is 15.4. The van der Waals surface area contributed by atoms with Crippen molar-refractivity contribution in [3.05, 3.63) is 59.8 Å². The molecule has 1 N–H and O–H groups in total. The molecule has 8 nitrogen and oxygen atoms in total. The number of hydrogen-bond acceptors (Lipinski definition) is 6. The number of aromatic nitrogens is 2. The largest absolute Gasteiger partial charge is 0.496 e. The number of carboxylic acid groups (broad SMARTS) is 1. The number of carbonyl (C=O) groups excluding carboxylic acids is 1. The monoisotopic (exact) mass is 627 g/mol. The van der Waals surface area contributed by atoms with E-state index in [-0.39, 0.29) is 40.4 Å². The normalized spacial score (nSPS) is 26.1. The van der Waals surface area contributed by atoms with Crippen LogP contribution in [-0.4, -0.2) is 40.6 Å². The van der Waals surface area contributed by atoms with Gasteiger partial charge in [0.15, 0.2) is 5.89 Å². The predicted octanol–water partition coefficient (Wildman–Crippen LogP) is 8.26. The fourth-order valence-corrected chi connectivity index (χ4v) is 8.31. The van der Waals surface area contributed by atoms with Crippen molar-refractivity contribution in [2.75, 3.05) is 18.6 Å². The fraction of sp³-hybridized carbons (Fsp3) is 0.579. The molecular formula is C38H49N3O5. The first kappa shape index (κ1) is 32.3. The van der Waals surface area contributed by atoms with E-state index in [1.807, 2.05) is 17.0 Å². The SMILES string of the molecule is COc1ccc(C23CCC(CN(C(=O)C4CCC(CC(=O)O)CC4)c4cc(-c5coc(C(C)(C)C)n5)ccn4)(CC2)CC3)cc1C. The molecule has 2 aromatic heterocycles. The van der Waals surface area contributed by atoms with Gasteiger partial charge in [-0.3, -0.25) is 14.5 Å². The lowest BCUT2D eigenvalue weighted by Gasteiger charge is -2.55. The zero-order valence-electron chi connectivity index (χ0n) is 28.1. The van der Waals surface area contributed by atoms with E-state index in [0.717, 1.165) is 81.2 Å². The first-order chi connectivity index (χ1) is 21.9. The van der Waals surface area contributed by atoms with Crippen LogP contribution < -0.4 is 9.64 Å². The van der Waals surface area contributed by atoms with Crippen molar-refractivity contribution in [3.8, 4) is 17.0 Å². The van der Waals surface area contributed by atoms with Gasteiger partial charge in [-0.2, -0.15) is 0 Å². The van der Waals surface area contributed by atoms with Crippen molar-refractivity contribution < 1.29 is 23.8 Å². The molecule has 0 saturated heterocycles. The summed E-state index contributed by atoms with van der Waals surface area (Å²) < 4.78 is 11.4. The Hall–Kier alpha value is -3.68. The van der Waals surface area contributed by atoms with Gasteiger partial charge in [-0.1, -0.05) is 32.9 Å². The van der Waals surface area contributed by atoms with Crippen LogP contribution >= 0.6 is 0 Å². The number of anilines is 1. The highest BCUT2D eigenvalue weighted by Gasteiger charge is 2.51. The van der Waals surface area contributed by atoms with Crippen LogP contribution in [0.25, 0.3) is 11.3 Å². The van der Waals surface area contributed by atoms with E-state index < -0.39 is 5.97 Å². The summed E-state index contributed by atoms with van der Waals surface area (Å²) in [5.41, 5.74) is 4.24. The molecule has 46 heavy (non-hydrogen) atoms. The zero-order valence-corrected chi connectivity index (χ0v) is 28.1. The van der Waals surface area contributed by atoms with Crippen LogP contribution in [0.4, 0.5) is 5.82 Å². The number of benzene rings is 1. The number of amides is 1. The highest BCUT2D eigenvalue weighted by atomic mass is 16.5. The molecule has 4 saturated carbocycles. The molecule has 4 aliphatic rings. The van der Waals surface area contributed by atoms with Crippen molar-refractivity contribution >= 4 is 17.7 Å². The van der Waals surface area contributed by atoms with Gasteiger partial charge in [0.1, 0.15) is 23.5 Å². The average Bonchev–Trinajstić information content (AvgIpc) is 3.56. The summed E-state index contributed by atoms with van der Waals surface area (Å²) in [5.74, 6) is 1.66. The lowest BCUT2D eigenvalue weighted by Crippen LogP contribution is -2.52. The maximum atomic E-state index is 14.5. The number of oxazole rings is 1. The number of ether oxygens (including phenoxy) is 1. The van der Waals surface area contributed by atoms with Crippen LogP contribution in [0.3, 0.4) is 0 Å². The Bertz CT molecular complexity index is 1550. The predicted molar refractivity (Wildman–Crippen MR) is 178 cm³/mol. The number of rotatable bonds is 9. The highest BCUT2D eigenvalue weighted by Crippen LogP contribution is 2.58. The van der Waals surface area contributed by atoms with Crippen molar-refractivity contribution in [2.45, 2.75) is 109 Å². The number of carboxylic acids is 1. The van der Waals surface area contributed by atoms with Gasteiger partial charge >= 0.3 is 5.97 Å². The number of methoxy groups -OCH3 is 1. The van der Waals surface area contributed by atoms with Gasteiger partial charge in [0.2, 0.25) is 5.91 Å². The minimum Gasteiger partial charge on any atom is -0.496 e. The molecule has 0 unspecified atom stereocenters. The van der Waals surface area contributed by atoms with Gasteiger partial charge in [0.25, 0.3) is 0 Å². The maximum absolute atomic E-state index is 14.5.